The fourth-order valence-corrected chi connectivity index (χ4v) is 1.97. The fourth-order valence-electron chi connectivity index (χ4n) is 1.97. The number of carbonyl (C=O) groups excluding carboxylic acids is 2. The van der Waals surface area contributed by atoms with Crippen LogP contribution in [0.2, 0.25) is 0 Å². The maximum atomic E-state index is 11.8. The van der Waals surface area contributed by atoms with Gasteiger partial charge in [-0.2, -0.15) is 0 Å². The number of nitrogens with one attached hydrogen (secondary N) is 1. The monoisotopic (exact) mass is 296 g/mol. The number of nitrogens with zero attached hydrogens (tertiary/aromatic N) is 1. The van der Waals surface area contributed by atoms with Crippen LogP contribution >= 0.6 is 0 Å². The molecule has 0 radical (unpaired) electrons. The van der Waals surface area contributed by atoms with Gasteiger partial charge < -0.3 is 20.1 Å². The summed E-state index contributed by atoms with van der Waals surface area (Å²) >= 11 is 0. The molecular formula is C14H20N2O5. The van der Waals surface area contributed by atoms with Gasteiger partial charge in [-0.15, -0.1) is 12.3 Å². The van der Waals surface area contributed by atoms with Crippen molar-refractivity contribution < 1.29 is 24.2 Å². The first kappa shape index (κ1) is 16.8. The van der Waals surface area contributed by atoms with Crippen molar-refractivity contribution in [2.45, 2.75) is 38.8 Å². The molecule has 116 valence electrons. The van der Waals surface area contributed by atoms with Gasteiger partial charge in [0.15, 0.2) is 0 Å². The number of carbonyl (C=O) groups is 3. The van der Waals surface area contributed by atoms with Crippen molar-refractivity contribution in [1.82, 2.24) is 10.2 Å². The Kier molecular flexibility index (Phi) is 5.19. The lowest BCUT2D eigenvalue weighted by molar-refractivity contribution is -0.148. The Morgan fingerprint density at radius 2 is 2.19 bits per heavy atom. The maximum absolute atomic E-state index is 11.8. The van der Waals surface area contributed by atoms with Gasteiger partial charge in [0.2, 0.25) is 5.91 Å². The average Bonchev–Trinajstić information content (AvgIpc) is 2.68. The minimum atomic E-state index is -1.20. The van der Waals surface area contributed by atoms with E-state index in [1.807, 2.05) is 0 Å². The van der Waals surface area contributed by atoms with E-state index >= 15 is 0 Å². The normalized spacial score (nSPS) is 19.8. The molecule has 2 amide bonds. The molecule has 0 saturated carbocycles. The highest BCUT2D eigenvalue weighted by atomic mass is 16.6. The summed E-state index contributed by atoms with van der Waals surface area (Å²) < 4.78 is 5.02. The lowest BCUT2D eigenvalue weighted by Crippen LogP contribution is -2.50. The second-order valence-corrected chi connectivity index (χ2v) is 5.85. The van der Waals surface area contributed by atoms with Crippen molar-refractivity contribution >= 4 is 18.0 Å². The van der Waals surface area contributed by atoms with E-state index in [1.165, 1.54) is 4.90 Å². The third-order valence-electron chi connectivity index (χ3n) is 2.89. The molecule has 0 aliphatic carbocycles. The first-order valence-corrected chi connectivity index (χ1v) is 6.59. The average molecular weight is 296 g/mol. The summed E-state index contributed by atoms with van der Waals surface area (Å²) in [6.45, 7) is 5.05. The van der Waals surface area contributed by atoms with Crippen molar-refractivity contribution in [2.24, 2.45) is 5.92 Å². The Morgan fingerprint density at radius 1 is 1.57 bits per heavy atom. The number of terminal acetylenes is 1. The van der Waals surface area contributed by atoms with Gasteiger partial charge in [0.25, 0.3) is 0 Å². The van der Waals surface area contributed by atoms with Crippen molar-refractivity contribution in [2.75, 3.05) is 13.1 Å². The summed E-state index contributed by atoms with van der Waals surface area (Å²) in [5, 5.41) is 11.6. The van der Waals surface area contributed by atoms with Gasteiger partial charge >= 0.3 is 12.1 Å². The Balaban J connectivity index is 2.64. The van der Waals surface area contributed by atoms with Gasteiger partial charge in [0.05, 0.1) is 6.54 Å². The molecule has 7 nitrogen and oxygen atoms in total. The van der Waals surface area contributed by atoms with Gasteiger partial charge in [0, 0.05) is 18.9 Å². The number of hydrogen-bond acceptors (Lipinski definition) is 4. The number of carboxylic acids is 1. The van der Waals surface area contributed by atoms with Crippen molar-refractivity contribution in [3.63, 3.8) is 0 Å². The van der Waals surface area contributed by atoms with Crippen LogP contribution in [0.5, 0.6) is 0 Å². The molecule has 1 aliphatic heterocycles. The van der Waals surface area contributed by atoms with Gasteiger partial charge in [-0.1, -0.05) is 0 Å². The van der Waals surface area contributed by atoms with E-state index in [-0.39, 0.29) is 31.3 Å². The van der Waals surface area contributed by atoms with Crippen LogP contribution < -0.4 is 5.32 Å². The summed E-state index contributed by atoms with van der Waals surface area (Å²) in [4.78, 5) is 35.8. The minimum absolute atomic E-state index is 0.132. The van der Waals surface area contributed by atoms with Crippen LogP contribution in [0.25, 0.3) is 0 Å². The van der Waals surface area contributed by atoms with Crippen LogP contribution in [0.15, 0.2) is 0 Å². The standard InChI is InChI=1S/C14H20N2O5/c1-5-9-6-11(17)16(8-9)10(12(18)19)7-15-13(20)21-14(2,3)4/h1,9-10H,6-8H2,2-4H3,(H,15,20)(H,18,19)/t9?,10-/m1/s1. The number of hydrogen-bond donors (Lipinski definition) is 2. The van der Waals surface area contributed by atoms with Crippen molar-refractivity contribution in [3.05, 3.63) is 0 Å². The summed E-state index contributed by atoms with van der Waals surface area (Å²) in [7, 11) is 0. The lowest BCUT2D eigenvalue weighted by Gasteiger charge is -2.25. The van der Waals surface area contributed by atoms with E-state index in [1.54, 1.807) is 20.8 Å². The van der Waals surface area contributed by atoms with Crippen LogP contribution in [-0.4, -0.2) is 52.7 Å². The van der Waals surface area contributed by atoms with Gasteiger partial charge in [-0.05, 0) is 20.8 Å². The van der Waals surface area contributed by atoms with Gasteiger partial charge in [0.1, 0.15) is 11.6 Å². The molecule has 0 bridgehead atoms. The van der Waals surface area contributed by atoms with Crippen LogP contribution in [-0.2, 0) is 14.3 Å². The molecular weight excluding hydrogens is 276 g/mol. The van der Waals surface area contributed by atoms with E-state index in [0.29, 0.717) is 0 Å². The van der Waals surface area contributed by atoms with E-state index in [9.17, 15) is 19.5 Å². The second-order valence-electron chi connectivity index (χ2n) is 5.85. The Hall–Kier alpha value is -2.23. The summed E-state index contributed by atoms with van der Waals surface area (Å²) in [5.41, 5.74) is -0.680. The third-order valence-corrected chi connectivity index (χ3v) is 2.89. The van der Waals surface area contributed by atoms with Crippen LogP contribution in [0.4, 0.5) is 4.79 Å². The van der Waals surface area contributed by atoms with E-state index < -0.39 is 23.7 Å². The van der Waals surface area contributed by atoms with Crippen LogP contribution in [0.3, 0.4) is 0 Å². The number of amides is 2. The maximum Gasteiger partial charge on any atom is 0.407 e. The molecule has 0 aromatic heterocycles. The zero-order chi connectivity index (χ0) is 16.2. The molecule has 1 heterocycles. The number of carboxylic acid groups (broad SMARTS) is 1. The first-order valence-electron chi connectivity index (χ1n) is 6.59. The van der Waals surface area contributed by atoms with Gasteiger partial charge in [-0.3, -0.25) is 4.79 Å². The largest absolute Gasteiger partial charge is 0.480 e. The van der Waals surface area contributed by atoms with E-state index in [0.717, 1.165) is 0 Å². The number of rotatable bonds is 4. The molecule has 1 unspecified atom stereocenters. The molecule has 0 spiro atoms. The summed E-state index contributed by atoms with van der Waals surface area (Å²) in [6.07, 6.45) is 4.66. The quantitative estimate of drug-likeness (QED) is 0.734. The van der Waals surface area contributed by atoms with Crippen molar-refractivity contribution in [1.29, 1.82) is 0 Å². The highest BCUT2D eigenvalue weighted by molar-refractivity contribution is 5.86. The number of aliphatic carboxylic acids is 1. The number of alkyl carbamates (subject to hydrolysis) is 1. The third kappa shape index (κ3) is 4.99. The molecule has 0 aromatic carbocycles. The topological polar surface area (TPSA) is 95.9 Å². The zero-order valence-corrected chi connectivity index (χ0v) is 12.4. The molecule has 7 heteroatoms. The SMILES string of the molecule is C#CC1CC(=O)N([C@H](CNC(=O)OC(C)(C)C)C(=O)O)C1. The summed E-state index contributed by atoms with van der Waals surface area (Å²) in [6, 6.07) is -1.15. The Bertz CT molecular complexity index is 475. The van der Waals surface area contributed by atoms with Crippen LogP contribution in [0, 0.1) is 18.3 Å². The molecule has 1 aliphatic rings. The lowest BCUT2D eigenvalue weighted by atomic mass is 10.1. The second kappa shape index (κ2) is 6.48. The van der Waals surface area contributed by atoms with E-state index in [2.05, 4.69) is 11.2 Å². The minimum Gasteiger partial charge on any atom is -0.480 e. The van der Waals surface area contributed by atoms with Crippen LogP contribution in [0.1, 0.15) is 27.2 Å². The number of ether oxygens (including phenoxy) is 1. The predicted molar refractivity (Wildman–Crippen MR) is 74.3 cm³/mol. The highest BCUT2D eigenvalue weighted by Crippen LogP contribution is 2.19. The molecule has 2 atom stereocenters. The molecule has 1 fully saturated rings. The van der Waals surface area contributed by atoms with Gasteiger partial charge in [-0.25, -0.2) is 9.59 Å². The smallest absolute Gasteiger partial charge is 0.407 e. The Labute approximate surface area is 123 Å². The highest BCUT2D eigenvalue weighted by Gasteiger charge is 2.37. The summed E-state index contributed by atoms with van der Waals surface area (Å²) in [5.74, 6) is 0.636. The Morgan fingerprint density at radius 3 is 2.62 bits per heavy atom. The van der Waals surface area contributed by atoms with E-state index in [4.69, 9.17) is 11.2 Å². The predicted octanol–water partition coefficient (Wildman–Crippen LogP) is 0.446. The molecule has 2 N–H and O–H groups in total. The fraction of sp³-hybridized carbons (Fsp3) is 0.643. The van der Waals surface area contributed by atoms with Crippen molar-refractivity contribution in [3.8, 4) is 12.3 Å². The molecule has 21 heavy (non-hydrogen) atoms. The zero-order valence-electron chi connectivity index (χ0n) is 12.4. The first-order chi connectivity index (χ1) is 9.64. The number of likely N-dealkylation sites (tertiary alicyclic amines) is 1. The molecule has 0 aromatic rings. The molecule has 1 saturated heterocycles. The molecule has 1 rings (SSSR count).